The largest absolute Gasteiger partial charge is 0.338 e. The van der Waals surface area contributed by atoms with Crippen LogP contribution in [-0.4, -0.2) is 31.5 Å². The molecule has 9 heteroatoms. The third-order valence-corrected chi connectivity index (χ3v) is 4.07. The standard InChI is InChI=1S/C15H20N4O4S/c1-11(20)17-12-5-4-6-13(9-12)19-24(22,23)8-7-14(21)18-15(2,3)10-16/h4-6,9,19H,7-8H2,1-3H3,(H,17,20)(H,18,21). The quantitative estimate of drug-likeness (QED) is 0.679. The van der Waals surface area contributed by atoms with Crippen molar-refractivity contribution in [2.75, 3.05) is 15.8 Å². The molecule has 8 nitrogen and oxygen atoms in total. The number of nitrogens with one attached hydrogen (secondary N) is 3. The number of hydrogen-bond donors (Lipinski definition) is 3. The molecule has 0 aromatic heterocycles. The van der Waals surface area contributed by atoms with Crippen molar-refractivity contribution in [3.63, 3.8) is 0 Å². The molecule has 0 saturated carbocycles. The summed E-state index contributed by atoms with van der Waals surface area (Å²) in [4.78, 5) is 22.7. The van der Waals surface area contributed by atoms with E-state index in [0.29, 0.717) is 5.69 Å². The number of amides is 2. The zero-order valence-corrected chi connectivity index (χ0v) is 14.5. The number of benzene rings is 1. The fraction of sp³-hybridized carbons (Fsp3) is 0.400. The van der Waals surface area contributed by atoms with Gasteiger partial charge in [0.1, 0.15) is 5.54 Å². The van der Waals surface area contributed by atoms with Crippen molar-refractivity contribution < 1.29 is 18.0 Å². The number of carbonyl (C=O) groups is 2. The maximum Gasteiger partial charge on any atom is 0.233 e. The molecule has 0 fully saturated rings. The lowest BCUT2D eigenvalue weighted by Crippen LogP contribution is -2.42. The van der Waals surface area contributed by atoms with E-state index in [1.54, 1.807) is 12.1 Å². The van der Waals surface area contributed by atoms with Crippen LogP contribution in [-0.2, 0) is 19.6 Å². The van der Waals surface area contributed by atoms with Crippen LogP contribution in [0.25, 0.3) is 0 Å². The van der Waals surface area contributed by atoms with E-state index < -0.39 is 27.2 Å². The maximum absolute atomic E-state index is 12.0. The molecule has 2 amide bonds. The smallest absolute Gasteiger partial charge is 0.233 e. The first kappa shape index (κ1) is 19.4. The fourth-order valence-electron chi connectivity index (χ4n) is 1.76. The molecule has 1 aromatic rings. The Morgan fingerprint density at radius 1 is 1.25 bits per heavy atom. The average Bonchev–Trinajstić information content (AvgIpc) is 2.44. The van der Waals surface area contributed by atoms with Gasteiger partial charge in [-0.25, -0.2) is 8.42 Å². The van der Waals surface area contributed by atoms with Crippen LogP contribution in [0.1, 0.15) is 27.2 Å². The van der Waals surface area contributed by atoms with Crippen LogP contribution in [0, 0.1) is 11.3 Å². The monoisotopic (exact) mass is 352 g/mol. The van der Waals surface area contributed by atoms with Gasteiger partial charge in [-0.2, -0.15) is 5.26 Å². The number of anilines is 2. The van der Waals surface area contributed by atoms with E-state index in [4.69, 9.17) is 5.26 Å². The number of nitrogens with zero attached hydrogens (tertiary/aromatic N) is 1. The van der Waals surface area contributed by atoms with E-state index in [9.17, 15) is 18.0 Å². The summed E-state index contributed by atoms with van der Waals surface area (Å²) in [5.41, 5.74) is -0.323. The van der Waals surface area contributed by atoms with Gasteiger partial charge in [0.2, 0.25) is 21.8 Å². The molecular formula is C15H20N4O4S. The van der Waals surface area contributed by atoms with E-state index >= 15 is 0 Å². The van der Waals surface area contributed by atoms with E-state index in [2.05, 4.69) is 15.4 Å². The Bertz CT molecular complexity index is 766. The van der Waals surface area contributed by atoms with Crippen molar-refractivity contribution in [3.05, 3.63) is 24.3 Å². The van der Waals surface area contributed by atoms with Crippen molar-refractivity contribution >= 4 is 33.2 Å². The van der Waals surface area contributed by atoms with Crippen molar-refractivity contribution in [3.8, 4) is 6.07 Å². The highest BCUT2D eigenvalue weighted by Gasteiger charge is 2.21. The third-order valence-electron chi connectivity index (χ3n) is 2.79. The first-order valence-corrected chi connectivity index (χ1v) is 8.79. The Kier molecular flexibility index (Phi) is 6.31. The lowest BCUT2D eigenvalue weighted by atomic mass is 10.1. The summed E-state index contributed by atoms with van der Waals surface area (Å²) >= 11 is 0. The normalized spacial score (nSPS) is 11.2. The van der Waals surface area contributed by atoms with Crippen LogP contribution < -0.4 is 15.4 Å². The van der Waals surface area contributed by atoms with Gasteiger partial charge in [-0.3, -0.25) is 14.3 Å². The lowest BCUT2D eigenvalue weighted by molar-refractivity contribution is -0.121. The summed E-state index contributed by atoms with van der Waals surface area (Å²) in [6, 6.07) is 8.11. The van der Waals surface area contributed by atoms with E-state index in [0.717, 1.165) is 0 Å². The Morgan fingerprint density at radius 3 is 2.46 bits per heavy atom. The highest BCUT2D eigenvalue weighted by Crippen LogP contribution is 2.16. The number of carbonyl (C=O) groups excluding carboxylic acids is 2. The van der Waals surface area contributed by atoms with Crippen molar-refractivity contribution in [2.24, 2.45) is 0 Å². The fourth-order valence-corrected chi connectivity index (χ4v) is 2.80. The Labute approximate surface area is 141 Å². The first-order chi connectivity index (χ1) is 11.0. The minimum absolute atomic E-state index is 0.271. The van der Waals surface area contributed by atoms with Crippen LogP contribution in [0.4, 0.5) is 11.4 Å². The third kappa shape index (κ3) is 7.11. The maximum atomic E-state index is 12.0. The van der Waals surface area contributed by atoms with Crippen LogP contribution in [0.3, 0.4) is 0 Å². The van der Waals surface area contributed by atoms with Gasteiger partial charge < -0.3 is 10.6 Å². The molecule has 0 bridgehead atoms. The van der Waals surface area contributed by atoms with Crippen LogP contribution >= 0.6 is 0 Å². The highest BCUT2D eigenvalue weighted by atomic mass is 32.2. The Balaban J connectivity index is 2.66. The van der Waals surface area contributed by atoms with Gasteiger partial charge in [-0.1, -0.05) is 6.07 Å². The first-order valence-electron chi connectivity index (χ1n) is 7.13. The SMILES string of the molecule is CC(=O)Nc1cccc(NS(=O)(=O)CCC(=O)NC(C)(C)C#N)c1. The summed E-state index contributed by atoms with van der Waals surface area (Å²) in [6.45, 7) is 4.38. The molecular weight excluding hydrogens is 332 g/mol. The molecule has 0 aliphatic carbocycles. The van der Waals surface area contributed by atoms with Crippen molar-refractivity contribution in [2.45, 2.75) is 32.7 Å². The van der Waals surface area contributed by atoms with Gasteiger partial charge in [-0.15, -0.1) is 0 Å². The minimum Gasteiger partial charge on any atom is -0.338 e. The number of nitriles is 1. The molecule has 0 unspecified atom stereocenters. The topological polar surface area (TPSA) is 128 Å². The summed E-state index contributed by atoms with van der Waals surface area (Å²) in [5.74, 6) is -1.23. The number of rotatable bonds is 7. The van der Waals surface area contributed by atoms with Crippen molar-refractivity contribution in [1.29, 1.82) is 5.26 Å². The summed E-state index contributed by atoms with van der Waals surface area (Å²) in [6.07, 6.45) is -0.272. The predicted octanol–water partition coefficient (Wildman–Crippen LogP) is 1.20. The molecule has 24 heavy (non-hydrogen) atoms. The summed E-state index contributed by atoms with van der Waals surface area (Å²) < 4.78 is 26.4. The second-order valence-corrected chi connectivity index (χ2v) is 7.56. The van der Waals surface area contributed by atoms with Crippen LogP contribution in [0.5, 0.6) is 0 Å². The molecule has 0 aliphatic heterocycles. The van der Waals surface area contributed by atoms with Crippen molar-refractivity contribution in [1.82, 2.24) is 5.32 Å². The summed E-state index contributed by atoms with van der Waals surface area (Å²) in [7, 11) is -3.74. The molecule has 0 saturated heterocycles. The molecule has 3 N–H and O–H groups in total. The lowest BCUT2D eigenvalue weighted by Gasteiger charge is -2.17. The molecule has 0 spiro atoms. The van der Waals surface area contributed by atoms with Gasteiger partial charge in [0.25, 0.3) is 0 Å². The number of hydrogen-bond acceptors (Lipinski definition) is 5. The molecule has 130 valence electrons. The van der Waals surface area contributed by atoms with Gasteiger partial charge in [0.05, 0.1) is 17.5 Å². The Hall–Kier alpha value is -2.60. The molecule has 0 aliphatic rings. The molecule has 1 rings (SSSR count). The van der Waals surface area contributed by atoms with Gasteiger partial charge in [-0.05, 0) is 32.0 Å². The van der Waals surface area contributed by atoms with E-state index in [1.165, 1.54) is 32.9 Å². The predicted molar refractivity (Wildman–Crippen MR) is 90.6 cm³/mol. The minimum atomic E-state index is -3.74. The van der Waals surface area contributed by atoms with E-state index in [-0.39, 0.29) is 18.0 Å². The second-order valence-electron chi connectivity index (χ2n) is 5.72. The molecule has 1 aromatic carbocycles. The molecule has 0 radical (unpaired) electrons. The van der Waals surface area contributed by atoms with Gasteiger partial charge >= 0.3 is 0 Å². The average molecular weight is 352 g/mol. The zero-order chi connectivity index (χ0) is 18.4. The number of sulfonamides is 1. The second kappa shape index (κ2) is 7.79. The van der Waals surface area contributed by atoms with E-state index in [1.807, 2.05) is 6.07 Å². The highest BCUT2D eigenvalue weighted by molar-refractivity contribution is 7.92. The van der Waals surface area contributed by atoms with Gasteiger partial charge in [0.15, 0.2) is 0 Å². The van der Waals surface area contributed by atoms with Crippen LogP contribution in [0.2, 0.25) is 0 Å². The van der Waals surface area contributed by atoms with Gasteiger partial charge in [0, 0.05) is 19.0 Å². The summed E-state index contributed by atoms with van der Waals surface area (Å²) in [5, 5.41) is 13.8. The zero-order valence-electron chi connectivity index (χ0n) is 13.7. The molecule has 0 heterocycles. The molecule has 0 atom stereocenters. The Morgan fingerprint density at radius 2 is 1.88 bits per heavy atom. The van der Waals surface area contributed by atoms with Crippen LogP contribution in [0.15, 0.2) is 24.3 Å².